The Hall–Kier alpha value is -2.11. The van der Waals surface area contributed by atoms with Crippen molar-refractivity contribution >= 4 is 6.16 Å². The number of phenols is 3. The summed E-state index contributed by atoms with van der Waals surface area (Å²) in [5.74, 6) is -0.980. The SMILES string of the molecule is CCCc1cc(O)c(O)c(O)c1.O=C(O)O. The molecule has 6 nitrogen and oxygen atoms in total. The minimum absolute atomic E-state index is 0.265. The molecule has 6 heteroatoms. The molecule has 0 heterocycles. The van der Waals surface area contributed by atoms with Crippen LogP contribution in [0.1, 0.15) is 18.9 Å². The molecular weight excluding hydrogens is 216 g/mol. The second kappa shape index (κ2) is 6.39. The predicted octanol–water partition coefficient (Wildman–Crippen LogP) is 1.98. The molecule has 1 rings (SSSR count). The molecule has 0 aromatic heterocycles. The number of benzene rings is 1. The number of carbonyl (C=O) groups is 1. The minimum atomic E-state index is -1.83. The first-order valence-corrected chi connectivity index (χ1v) is 4.54. The van der Waals surface area contributed by atoms with Crippen LogP contribution in [0.2, 0.25) is 0 Å². The lowest BCUT2D eigenvalue weighted by molar-refractivity contribution is 0.137. The zero-order valence-electron chi connectivity index (χ0n) is 8.71. The fourth-order valence-electron chi connectivity index (χ4n) is 1.09. The topological polar surface area (TPSA) is 118 Å². The Morgan fingerprint density at radius 2 is 1.50 bits per heavy atom. The highest BCUT2D eigenvalue weighted by atomic mass is 16.6. The van der Waals surface area contributed by atoms with Gasteiger partial charge in [0.25, 0.3) is 0 Å². The third-order valence-corrected chi connectivity index (χ3v) is 1.67. The summed E-state index contributed by atoms with van der Waals surface area (Å²) in [5.41, 5.74) is 0.824. The Labute approximate surface area is 92.0 Å². The normalized spacial score (nSPS) is 9.06. The first-order chi connectivity index (χ1) is 7.38. The van der Waals surface area contributed by atoms with Crippen LogP contribution in [0.25, 0.3) is 0 Å². The van der Waals surface area contributed by atoms with Gasteiger partial charge in [-0.05, 0) is 24.1 Å². The van der Waals surface area contributed by atoms with E-state index < -0.39 is 11.9 Å². The van der Waals surface area contributed by atoms with Crippen molar-refractivity contribution in [3.63, 3.8) is 0 Å². The van der Waals surface area contributed by atoms with E-state index in [0.717, 1.165) is 18.4 Å². The monoisotopic (exact) mass is 230 g/mol. The Kier molecular flexibility index (Phi) is 5.55. The van der Waals surface area contributed by atoms with Crippen molar-refractivity contribution < 1.29 is 30.3 Å². The summed E-state index contributed by atoms with van der Waals surface area (Å²) in [7, 11) is 0. The van der Waals surface area contributed by atoms with Gasteiger partial charge in [-0.25, -0.2) is 4.79 Å². The zero-order chi connectivity index (χ0) is 12.7. The lowest BCUT2D eigenvalue weighted by Gasteiger charge is -2.03. The molecule has 0 aliphatic carbocycles. The Morgan fingerprint density at radius 1 is 1.12 bits per heavy atom. The standard InChI is InChI=1S/C9H12O3.CH2O3/c1-2-3-6-4-7(10)9(12)8(11)5-6;2-1(3)4/h4-5,10-12H,2-3H2,1H3;(H2,2,3,4). The number of rotatable bonds is 2. The van der Waals surface area contributed by atoms with E-state index >= 15 is 0 Å². The third kappa shape index (κ3) is 4.94. The number of phenolic OH excluding ortho intramolecular Hbond substituents is 3. The third-order valence-electron chi connectivity index (χ3n) is 1.67. The quantitative estimate of drug-likeness (QED) is 0.496. The summed E-state index contributed by atoms with van der Waals surface area (Å²) in [6, 6.07) is 2.91. The van der Waals surface area contributed by atoms with Crippen molar-refractivity contribution in [3.05, 3.63) is 17.7 Å². The van der Waals surface area contributed by atoms with Crippen molar-refractivity contribution in [3.8, 4) is 17.2 Å². The lowest BCUT2D eigenvalue weighted by atomic mass is 10.1. The predicted molar refractivity (Wildman–Crippen MR) is 56.1 cm³/mol. The van der Waals surface area contributed by atoms with Gasteiger partial charge in [-0.2, -0.15) is 0 Å². The van der Waals surface area contributed by atoms with Gasteiger partial charge in [0.2, 0.25) is 0 Å². The average molecular weight is 230 g/mol. The van der Waals surface area contributed by atoms with Gasteiger partial charge in [0.1, 0.15) is 0 Å². The summed E-state index contributed by atoms with van der Waals surface area (Å²) in [5, 5.41) is 41.1. The van der Waals surface area contributed by atoms with Gasteiger partial charge >= 0.3 is 6.16 Å². The fourth-order valence-corrected chi connectivity index (χ4v) is 1.09. The summed E-state index contributed by atoms with van der Waals surface area (Å²) in [6.07, 6.45) is -0.120. The fraction of sp³-hybridized carbons (Fsp3) is 0.300. The van der Waals surface area contributed by atoms with Crippen LogP contribution in [0.3, 0.4) is 0 Å². The maximum Gasteiger partial charge on any atom is 0.503 e. The molecule has 90 valence electrons. The zero-order valence-corrected chi connectivity index (χ0v) is 8.71. The summed E-state index contributed by atoms with van der Waals surface area (Å²) in [4.78, 5) is 8.56. The smallest absolute Gasteiger partial charge is 0.503 e. The molecular formula is C10H14O6. The molecule has 0 amide bonds. The van der Waals surface area contributed by atoms with Crippen LogP contribution in [0.4, 0.5) is 4.79 Å². The summed E-state index contributed by atoms with van der Waals surface area (Å²) >= 11 is 0. The molecule has 0 atom stereocenters. The maximum atomic E-state index is 9.10. The molecule has 0 fully saturated rings. The maximum absolute atomic E-state index is 9.10. The highest BCUT2D eigenvalue weighted by molar-refractivity contribution is 5.53. The number of aromatic hydroxyl groups is 3. The molecule has 0 aliphatic rings. The first-order valence-electron chi connectivity index (χ1n) is 4.54. The van der Waals surface area contributed by atoms with Crippen LogP contribution in [0.15, 0.2) is 12.1 Å². The van der Waals surface area contributed by atoms with Gasteiger partial charge in [-0.1, -0.05) is 13.3 Å². The number of hydrogen-bond acceptors (Lipinski definition) is 4. The van der Waals surface area contributed by atoms with E-state index in [1.165, 1.54) is 12.1 Å². The largest absolute Gasteiger partial charge is 0.504 e. The van der Waals surface area contributed by atoms with Gasteiger partial charge in [0, 0.05) is 0 Å². The van der Waals surface area contributed by atoms with Crippen molar-refractivity contribution in [2.45, 2.75) is 19.8 Å². The van der Waals surface area contributed by atoms with Gasteiger partial charge in [-0.3, -0.25) is 0 Å². The van der Waals surface area contributed by atoms with Crippen LogP contribution in [-0.4, -0.2) is 31.7 Å². The molecule has 0 bridgehead atoms. The molecule has 0 saturated heterocycles. The molecule has 0 aliphatic heterocycles. The van der Waals surface area contributed by atoms with Crippen LogP contribution >= 0.6 is 0 Å². The molecule has 1 aromatic rings. The molecule has 0 saturated carbocycles. The molecule has 0 radical (unpaired) electrons. The van der Waals surface area contributed by atoms with Gasteiger partial charge in [-0.15, -0.1) is 0 Å². The van der Waals surface area contributed by atoms with Crippen molar-refractivity contribution in [2.24, 2.45) is 0 Å². The van der Waals surface area contributed by atoms with Crippen molar-refractivity contribution in [1.29, 1.82) is 0 Å². The number of carboxylic acid groups (broad SMARTS) is 2. The van der Waals surface area contributed by atoms with Crippen LogP contribution in [0.5, 0.6) is 17.2 Å². The Bertz CT molecular complexity index is 333. The van der Waals surface area contributed by atoms with Gasteiger partial charge in [0.05, 0.1) is 0 Å². The van der Waals surface area contributed by atoms with Gasteiger partial charge in [0.15, 0.2) is 17.2 Å². The average Bonchev–Trinajstić information content (AvgIpc) is 2.13. The number of hydrogen-bond donors (Lipinski definition) is 5. The first kappa shape index (κ1) is 13.9. The highest BCUT2D eigenvalue weighted by Gasteiger charge is 2.06. The van der Waals surface area contributed by atoms with E-state index in [4.69, 9.17) is 30.3 Å². The second-order valence-corrected chi connectivity index (χ2v) is 3.02. The molecule has 5 N–H and O–H groups in total. The molecule has 0 unspecified atom stereocenters. The summed E-state index contributed by atoms with van der Waals surface area (Å²) in [6.45, 7) is 2.00. The van der Waals surface area contributed by atoms with E-state index in [-0.39, 0.29) is 11.5 Å². The molecule has 0 spiro atoms. The second-order valence-electron chi connectivity index (χ2n) is 3.02. The molecule has 16 heavy (non-hydrogen) atoms. The summed E-state index contributed by atoms with van der Waals surface area (Å²) < 4.78 is 0. The number of aryl methyl sites for hydroxylation is 1. The van der Waals surface area contributed by atoms with E-state index in [1.54, 1.807) is 0 Å². The van der Waals surface area contributed by atoms with E-state index in [0.29, 0.717) is 0 Å². The van der Waals surface area contributed by atoms with E-state index in [9.17, 15) is 0 Å². The lowest BCUT2D eigenvalue weighted by Crippen LogP contribution is -1.82. The molecule has 1 aromatic carbocycles. The van der Waals surface area contributed by atoms with Crippen LogP contribution in [-0.2, 0) is 6.42 Å². The van der Waals surface area contributed by atoms with Crippen molar-refractivity contribution in [1.82, 2.24) is 0 Å². The van der Waals surface area contributed by atoms with Crippen molar-refractivity contribution in [2.75, 3.05) is 0 Å². The van der Waals surface area contributed by atoms with Gasteiger partial charge < -0.3 is 25.5 Å². The Balaban J connectivity index is 0.000000487. The Morgan fingerprint density at radius 3 is 1.81 bits per heavy atom. The van der Waals surface area contributed by atoms with E-state index in [1.807, 2.05) is 6.92 Å². The van der Waals surface area contributed by atoms with Crippen LogP contribution < -0.4 is 0 Å². The minimum Gasteiger partial charge on any atom is -0.504 e. The highest BCUT2D eigenvalue weighted by Crippen LogP contribution is 2.35. The van der Waals surface area contributed by atoms with Crippen LogP contribution in [0, 0.1) is 0 Å². The van der Waals surface area contributed by atoms with E-state index in [2.05, 4.69) is 0 Å².